The number of aryl methyl sites for hydroxylation is 1. The van der Waals surface area contributed by atoms with Crippen molar-refractivity contribution in [3.05, 3.63) is 28.8 Å². The van der Waals surface area contributed by atoms with Gasteiger partial charge in [-0.15, -0.1) is 0 Å². The van der Waals surface area contributed by atoms with E-state index in [-0.39, 0.29) is 6.61 Å². The molecule has 0 aromatic heterocycles. The molecule has 0 unspecified atom stereocenters. The maximum absolute atomic E-state index is 11.5. The number of benzene rings is 1. The van der Waals surface area contributed by atoms with E-state index >= 15 is 0 Å². The fraction of sp³-hybridized carbons (Fsp3) is 0.385. The van der Waals surface area contributed by atoms with Crippen LogP contribution in [0.3, 0.4) is 0 Å². The highest BCUT2D eigenvalue weighted by atomic mass is 35.5. The molecule has 0 aliphatic heterocycles. The summed E-state index contributed by atoms with van der Waals surface area (Å²) in [6, 6.07) is 4.40. The Labute approximate surface area is 116 Å². The van der Waals surface area contributed by atoms with E-state index in [2.05, 4.69) is 10.1 Å². The Balaban J connectivity index is 2.46. The quantitative estimate of drug-likeness (QED) is 0.837. The lowest BCUT2D eigenvalue weighted by atomic mass is 10.2. The number of ether oxygens (including phenoxy) is 2. The fourth-order valence-corrected chi connectivity index (χ4v) is 1.49. The normalized spacial score (nSPS) is 11.6. The molecule has 1 aromatic carbocycles. The topological polar surface area (TPSA) is 64.6 Å². The summed E-state index contributed by atoms with van der Waals surface area (Å²) < 4.78 is 9.79. The third-order valence-electron chi connectivity index (χ3n) is 2.43. The summed E-state index contributed by atoms with van der Waals surface area (Å²) >= 11 is 5.88. The lowest BCUT2D eigenvalue weighted by Gasteiger charge is -2.12. The number of carbonyl (C=O) groups excluding carboxylic acids is 2. The van der Waals surface area contributed by atoms with Gasteiger partial charge in [-0.25, -0.2) is 4.79 Å². The van der Waals surface area contributed by atoms with Gasteiger partial charge in [0.05, 0.1) is 7.11 Å². The minimum absolute atomic E-state index is 0.178. The van der Waals surface area contributed by atoms with Gasteiger partial charge in [0.15, 0.2) is 6.61 Å². The predicted molar refractivity (Wildman–Crippen MR) is 71.3 cm³/mol. The first kappa shape index (κ1) is 15.3. The Kier molecular flexibility index (Phi) is 5.63. The molecule has 1 amide bonds. The van der Waals surface area contributed by atoms with Crippen LogP contribution in [0.4, 0.5) is 0 Å². The van der Waals surface area contributed by atoms with E-state index < -0.39 is 17.9 Å². The number of halogens is 1. The van der Waals surface area contributed by atoms with Crippen LogP contribution in [0.5, 0.6) is 5.75 Å². The summed E-state index contributed by atoms with van der Waals surface area (Å²) in [5.74, 6) is -0.357. The molecule has 0 aliphatic carbocycles. The lowest BCUT2D eigenvalue weighted by Crippen LogP contribution is -2.41. The van der Waals surface area contributed by atoms with Crippen molar-refractivity contribution < 1.29 is 19.1 Å². The Morgan fingerprint density at radius 1 is 1.42 bits per heavy atom. The van der Waals surface area contributed by atoms with Crippen molar-refractivity contribution in [2.24, 2.45) is 0 Å². The SMILES string of the molecule is COC(=O)[C@@H](C)NC(=O)COc1ccc(Cl)c(C)c1. The van der Waals surface area contributed by atoms with Gasteiger partial charge in [-0.1, -0.05) is 11.6 Å². The average Bonchev–Trinajstić information content (AvgIpc) is 2.39. The van der Waals surface area contributed by atoms with Crippen molar-refractivity contribution in [1.82, 2.24) is 5.32 Å². The number of esters is 1. The second-order valence-electron chi connectivity index (χ2n) is 4.01. The zero-order valence-corrected chi connectivity index (χ0v) is 11.8. The molecule has 1 atom stereocenters. The van der Waals surface area contributed by atoms with E-state index in [1.54, 1.807) is 18.2 Å². The van der Waals surface area contributed by atoms with Crippen molar-refractivity contribution in [3.63, 3.8) is 0 Å². The van der Waals surface area contributed by atoms with Crippen LogP contribution in [-0.4, -0.2) is 31.6 Å². The number of methoxy groups -OCH3 is 1. The highest BCUT2D eigenvalue weighted by Crippen LogP contribution is 2.20. The monoisotopic (exact) mass is 285 g/mol. The van der Waals surface area contributed by atoms with Gasteiger partial charge in [0.25, 0.3) is 5.91 Å². The molecule has 0 radical (unpaired) electrons. The third-order valence-corrected chi connectivity index (χ3v) is 2.86. The number of hydrogen-bond acceptors (Lipinski definition) is 4. The van der Waals surface area contributed by atoms with E-state index in [1.807, 2.05) is 6.92 Å². The van der Waals surface area contributed by atoms with Gasteiger partial charge < -0.3 is 14.8 Å². The minimum atomic E-state index is -0.701. The number of amides is 1. The molecular weight excluding hydrogens is 270 g/mol. The van der Waals surface area contributed by atoms with Crippen molar-refractivity contribution in [1.29, 1.82) is 0 Å². The molecule has 0 saturated carbocycles. The van der Waals surface area contributed by atoms with Crippen LogP contribution in [0.15, 0.2) is 18.2 Å². The Bertz CT molecular complexity index is 476. The first-order valence-electron chi connectivity index (χ1n) is 5.70. The first-order valence-corrected chi connectivity index (χ1v) is 6.08. The molecule has 1 N–H and O–H groups in total. The van der Waals surface area contributed by atoms with E-state index in [4.69, 9.17) is 16.3 Å². The summed E-state index contributed by atoms with van der Waals surface area (Å²) in [5, 5.41) is 3.10. The zero-order chi connectivity index (χ0) is 14.4. The van der Waals surface area contributed by atoms with E-state index in [1.165, 1.54) is 14.0 Å². The van der Waals surface area contributed by atoms with Gasteiger partial charge in [-0.2, -0.15) is 0 Å². The molecule has 5 nitrogen and oxygen atoms in total. The number of hydrogen-bond donors (Lipinski definition) is 1. The number of carbonyl (C=O) groups is 2. The van der Waals surface area contributed by atoms with Crippen LogP contribution in [-0.2, 0) is 14.3 Å². The molecule has 0 bridgehead atoms. The average molecular weight is 286 g/mol. The standard InChI is InChI=1S/C13H16ClNO4/c1-8-6-10(4-5-11(8)14)19-7-12(16)15-9(2)13(17)18-3/h4-6,9H,7H2,1-3H3,(H,15,16)/t9-/m1/s1. The van der Waals surface area contributed by atoms with Gasteiger partial charge in [-0.3, -0.25) is 4.79 Å². The second-order valence-corrected chi connectivity index (χ2v) is 4.42. The van der Waals surface area contributed by atoms with Gasteiger partial charge in [0, 0.05) is 5.02 Å². The van der Waals surface area contributed by atoms with E-state index in [0.29, 0.717) is 10.8 Å². The summed E-state index contributed by atoms with van der Waals surface area (Å²) in [5.41, 5.74) is 0.863. The smallest absolute Gasteiger partial charge is 0.328 e. The molecule has 1 aromatic rings. The molecule has 0 heterocycles. The highest BCUT2D eigenvalue weighted by molar-refractivity contribution is 6.31. The Morgan fingerprint density at radius 3 is 2.68 bits per heavy atom. The summed E-state index contributed by atoms with van der Waals surface area (Å²) in [6.07, 6.45) is 0. The maximum atomic E-state index is 11.5. The van der Waals surface area contributed by atoms with E-state index in [9.17, 15) is 9.59 Å². The van der Waals surface area contributed by atoms with Crippen molar-refractivity contribution in [3.8, 4) is 5.75 Å². The zero-order valence-electron chi connectivity index (χ0n) is 11.0. The molecule has 1 rings (SSSR count). The van der Waals surface area contributed by atoms with Crippen LogP contribution in [0.2, 0.25) is 5.02 Å². The molecule has 0 aliphatic rings. The molecule has 0 saturated heterocycles. The van der Waals surface area contributed by atoms with Crippen LogP contribution >= 0.6 is 11.6 Å². The lowest BCUT2D eigenvalue weighted by molar-refractivity contribution is -0.144. The van der Waals surface area contributed by atoms with Crippen molar-refractivity contribution >= 4 is 23.5 Å². The largest absolute Gasteiger partial charge is 0.484 e. The predicted octanol–water partition coefficient (Wildman–Crippen LogP) is 1.70. The molecule has 6 heteroatoms. The van der Waals surface area contributed by atoms with Gasteiger partial charge in [0.2, 0.25) is 0 Å². The summed E-state index contributed by atoms with van der Waals surface area (Å²) in [7, 11) is 1.26. The first-order chi connectivity index (χ1) is 8.93. The van der Waals surface area contributed by atoms with Gasteiger partial charge >= 0.3 is 5.97 Å². The molecule has 0 spiro atoms. The van der Waals surface area contributed by atoms with Crippen LogP contribution in [0.1, 0.15) is 12.5 Å². The molecular formula is C13H16ClNO4. The number of nitrogens with one attached hydrogen (secondary N) is 1. The van der Waals surface area contributed by atoms with E-state index in [0.717, 1.165) is 5.56 Å². The van der Waals surface area contributed by atoms with Crippen molar-refractivity contribution in [2.75, 3.05) is 13.7 Å². The molecule has 19 heavy (non-hydrogen) atoms. The Hall–Kier alpha value is -1.75. The van der Waals surface area contributed by atoms with Gasteiger partial charge in [0.1, 0.15) is 11.8 Å². The van der Waals surface area contributed by atoms with Crippen LogP contribution < -0.4 is 10.1 Å². The summed E-state index contributed by atoms with van der Waals surface area (Å²) in [6.45, 7) is 3.20. The fourth-order valence-electron chi connectivity index (χ4n) is 1.37. The van der Waals surface area contributed by atoms with Crippen molar-refractivity contribution in [2.45, 2.75) is 19.9 Å². The second kappa shape index (κ2) is 6.99. The minimum Gasteiger partial charge on any atom is -0.484 e. The van der Waals surface area contributed by atoms with Crippen LogP contribution in [0, 0.1) is 6.92 Å². The summed E-state index contributed by atoms with van der Waals surface area (Å²) in [4.78, 5) is 22.6. The van der Waals surface area contributed by atoms with Gasteiger partial charge in [-0.05, 0) is 37.6 Å². The number of rotatable bonds is 5. The molecule has 0 fully saturated rings. The molecule has 104 valence electrons. The maximum Gasteiger partial charge on any atom is 0.328 e. The third kappa shape index (κ3) is 4.79. The Morgan fingerprint density at radius 2 is 2.11 bits per heavy atom. The van der Waals surface area contributed by atoms with Crippen LogP contribution in [0.25, 0.3) is 0 Å². The highest BCUT2D eigenvalue weighted by Gasteiger charge is 2.15.